The van der Waals surface area contributed by atoms with Crippen molar-refractivity contribution in [2.75, 3.05) is 56.3 Å². The van der Waals surface area contributed by atoms with E-state index in [4.69, 9.17) is 37.6 Å². The van der Waals surface area contributed by atoms with Gasteiger partial charge in [0, 0.05) is 35.6 Å². The van der Waals surface area contributed by atoms with Crippen molar-refractivity contribution in [3.8, 4) is 18.1 Å². The number of nitrogens with zero attached hydrogens (tertiary/aromatic N) is 5. The minimum absolute atomic E-state index is 0.00687. The maximum absolute atomic E-state index is 14.5. The molecule has 3 N–H and O–H groups in total. The van der Waals surface area contributed by atoms with Gasteiger partial charge in [0.25, 0.3) is 11.8 Å². The summed E-state index contributed by atoms with van der Waals surface area (Å²) in [5, 5.41) is 12.0. The van der Waals surface area contributed by atoms with E-state index in [-0.39, 0.29) is 36.1 Å². The molecular formula is C36H47ClFN6O9PS2. The number of halogens is 2. The van der Waals surface area contributed by atoms with Gasteiger partial charge in [-0.05, 0) is 47.9 Å². The van der Waals surface area contributed by atoms with Crippen LogP contribution in [-0.2, 0) is 54.2 Å². The Morgan fingerprint density at radius 3 is 2.46 bits per heavy atom. The predicted molar refractivity (Wildman–Crippen MR) is 213 cm³/mol. The Bertz CT molecular complexity index is 2040. The SMILES string of the molecule is C#CCN1C(=O)COc2cc(F)c(/N=c3\snc4n3CC(C)(C)C4)cc21.CC1(C)CON(Cc2ccccc2Cl)C1=O.C[S+](C)C.O=C(O)CNCP(=O)([O-])O. The molecule has 15 nitrogen and oxygen atoms in total. The number of hydrogen-bond donors (Lipinski definition) is 3. The number of aromatic nitrogens is 2. The van der Waals surface area contributed by atoms with E-state index in [1.807, 2.05) is 48.0 Å². The Kier molecular flexibility index (Phi) is 16.7. The molecule has 0 saturated carbocycles. The zero-order valence-corrected chi connectivity index (χ0v) is 35.5. The van der Waals surface area contributed by atoms with Crippen molar-refractivity contribution < 1.29 is 47.8 Å². The molecule has 1 saturated heterocycles. The second kappa shape index (κ2) is 20.1. The Morgan fingerprint density at radius 1 is 1.23 bits per heavy atom. The fourth-order valence-corrected chi connectivity index (χ4v) is 6.49. The first-order chi connectivity index (χ1) is 26.0. The van der Waals surface area contributed by atoms with Gasteiger partial charge in [0.2, 0.25) is 4.80 Å². The van der Waals surface area contributed by atoms with Crippen molar-refractivity contribution >= 4 is 70.8 Å². The Morgan fingerprint density at radius 2 is 1.89 bits per heavy atom. The lowest BCUT2D eigenvalue weighted by Gasteiger charge is -2.28. The van der Waals surface area contributed by atoms with Crippen molar-refractivity contribution in [3.05, 3.63) is 63.4 Å². The molecule has 3 aliphatic heterocycles. The molecule has 4 heterocycles. The number of carboxylic acids is 1. The van der Waals surface area contributed by atoms with Crippen LogP contribution in [0.25, 0.3) is 0 Å². The van der Waals surface area contributed by atoms with E-state index in [1.165, 1.54) is 33.6 Å². The molecule has 20 heteroatoms. The van der Waals surface area contributed by atoms with Crippen molar-refractivity contribution in [1.29, 1.82) is 0 Å². The second-order valence-electron chi connectivity index (χ2n) is 14.6. The molecule has 1 atom stereocenters. The summed E-state index contributed by atoms with van der Waals surface area (Å²) in [5.41, 5.74) is 1.15. The van der Waals surface area contributed by atoms with Crippen LogP contribution in [0, 0.1) is 29.0 Å². The number of ether oxygens (including phenoxy) is 1. The largest absolute Gasteiger partial charge is 0.778 e. The van der Waals surface area contributed by atoms with Crippen LogP contribution in [0.1, 0.15) is 39.1 Å². The van der Waals surface area contributed by atoms with Crippen LogP contribution in [0.5, 0.6) is 5.75 Å². The number of aliphatic carboxylic acids is 1. The van der Waals surface area contributed by atoms with E-state index in [0.717, 1.165) is 24.4 Å². The van der Waals surface area contributed by atoms with Crippen molar-refractivity contribution in [3.63, 3.8) is 0 Å². The summed E-state index contributed by atoms with van der Waals surface area (Å²) in [5.74, 6) is 1.76. The lowest BCUT2D eigenvalue weighted by Crippen LogP contribution is -2.39. The van der Waals surface area contributed by atoms with Crippen LogP contribution < -0.4 is 24.6 Å². The van der Waals surface area contributed by atoms with E-state index in [1.54, 1.807) is 0 Å². The molecule has 0 spiro atoms. The number of anilines is 1. The number of fused-ring (bicyclic) bond motifs is 2. The van der Waals surface area contributed by atoms with E-state index in [9.17, 15) is 28.2 Å². The first kappa shape index (κ1) is 46.6. The third-order valence-corrected chi connectivity index (χ3v) is 9.45. The molecule has 0 radical (unpaired) electrons. The van der Waals surface area contributed by atoms with Gasteiger partial charge in [-0.3, -0.25) is 29.4 Å². The highest BCUT2D eigenvalue weighted by atomic mass is 35.5. The first-order valence-corrected chi connectivity index (χ1v) is 22.3. The maximum atomic E-state index is 14.5. The highest BCUT2D eigenvalue weighted by Crippen LogP contribution is 2.38. The maximum Gasteiger partial charge on any atom is 0.317 e. The number of benzene rings is 2. The number of hydroxylamine groups is 2. The Balaban J connectivity index is 0.000000239. The van der Waals surface area contributed by atoms with Crippen molar-refractivity contribution in [1.82, 2.24) is 19.3 Å². The fourth-order valence-electron chi connectivity index (χ4n) is 5.15. The Hall–Kier alpha value is -3.79. The summed E-state index contributed by atoms with van der Waals surface area (Å²) in [6.07, 6.45) is 12.1. The van der Waals surface area contributed by atoms with Gasteiger partial charge in [-0.15, -0.1) is 6.42 Å². The smallest absolute Gasteiger partial charge is 0.317 e. The number of rotatable bonds is 8. The second-order valence-corrected chi connectivity index (χ2v) is 19.8. The molecule has 306 valence electrons. The summed E-state index contributed by atoms with van der Waals surface area (Å²) in [6.45, 7) is 9.16. The van der Waals surface area contributed by atoms with Crippen LogP contribution in [0.2, 0.25) is 5.02 Å². The summed E-state index contributed by atoms with van der Waals surface area (Å²) < 4.78 is 36.3. The van der Waals surface area contributed by atoms with E-state index in [0.29, 0.717) is 45.3 Å². The fraction of sp³-hybridized carbons (Fsp3) is 0.472. The molecular weight excluding hydrogens is 810 g/mol. The number of amides is 2. The summed E-state index contributed by atoms with van der Waals surface area (Å²) >= 11 is 7.27. The number of carbonyl (C=O) groups excluding carboxylic acids is 2. The van der Waals surface area contributed by atoms with Gasteiger partial charge in [0.15, 0.2) is 12.4 Å². The molecule has 0 bridgehead atoms. The van der Waals surface area contributed by atoms with Crippen molar-refractivity contribution in [2.24, 2.45) is 15.8 Å². The normalized spacial score (nSPS) is 17.5. The number of carboxylic acid groups (broad SMARTS) is 1. The molecule has 6 rings (SSSR count). The standard InChI is InChI=1S/C18H17FN4O2S.C12H14ClNO2.C3H8NO5P.C3H9S/c1-4-5-22-13-7-12(11(19)6-14(13)25-9-16(22)24)20-17-23-10-18(2,3)8-15(23)21-26-17;1-12(2)8-16-14(11(12)15)7-9-5-3-4-6-10(9)13;5-3(6)1-4-2-10(7,8)9;1-4(2)3/h1,6-7H,5,8-10H2,2-3H3;3-6H,7-8H2,1-2H3;4H,1-2H2,(H,5,6)(H2,7,8,9);1-3H3/q;;;+1/p-1/b20-17-;;;. The van der Waals surface area contributed by atoms with Gasteiger partial charge in [0.1, 0.15) is 24.9 Å². The number of carbonyl (C=O) groups is 3. The average Bonchev–Trinajstić information content (AvgIpc) is 3.68. The van der Waals surface area contributed by atoms with Gasteiger partial charge in [-0.25, -0.2) is 14.4 Å². The van der Waals surface area contributed by atoms with Gasteiger partial charge in [-0.1, -0.05) is 49.6 Å². The highest BCUT2D eigenvalue weighted by molar-refractivity contribution is 7.94. The molecule has 2 aromatic carbocycles. The minimum atomic E-state index is -4.35. The van der Waals surface area contributed by atoms with Crippen LogP contribution >= 0.6 is 30.7 Å². The summed E-state index contributed by atoms with van der Waals surface area (Å²) in [6, 6.07) is 10.2. The van der Waals surface area contributed by atoms with Gasteiger partial charge in [0.05, 0.1) is 62.4 Å². The Labute approximate surface area is 337 Å². The number of terminal acetylenes is 1. The lowest BCUT2D eigenvalue weighted by molar-refractivity contribution is -0.193. The number of hydrogen-bond acceptors (Lipinski definition) is 11. The molecule has 3 aliphatic rings. The zero-order valence-electron chi connectivity index (χ0n) is 32.2. The van der Waals surface area contributed by atoms with Crippen LogP contribution in [0.15, 0.2) is 41.4 Å². The topological polar surface area (TPSA) is 199 Å². The van der Waals surface area contributed by atoms with Crippen molar-refractivity contribution in [2.45, 2.75) is 47.2 Å². The third kappa shape index (κ3) is 14.0. The minimum Gasteiger partial charge on any atom is -0.778 e. The van der Waals surface area contributed by atoms with Gasteiger partial charge in [-0.2, -0.15) is 4.37 Å². The van der Waals surface area contributed by atoms with Crippen LogP contribution in [0.3, 0.4) is 0 Å². The molecule has 1 fully saturated rings. The first-order valence-electron chi connectivity index (χ1n) is 17.0. The van der Waals surface area contributed by atoms with E-state index >= 15 is 0 Å². The quantitative estimate of drug-likeness (QED) is 0.170. The molecule has 56 heavy (non-hydrogen) atoms. The molecule has 3 aromatic rings. The predicted octanol–water partition coefficient (Wildman–Crippen LogP) is 3.55. The molecule has 1 unspecified atom stereocenters. The third-order valence-electron chi connectivity index (χ3n) is 7.68. The monoisotopic (exact) mass is 856 g/mol. The zero-order chi connectivity index (χ0) is 42.0. The highest BCUT2D eigenvalue weighted by Gasteiger charge is 2.40. The molecule has 0 aliphatic carbocycles. The van der Waals surface area contributed by atoms with Crippen LogP contribution in [-0.4, -0.2) is 93.1 Å². The van der Waals surface area contributed by atoms with Crippen LogP contribution in [0.4, 0.5) is 15.8 Å². The van der Waals surface area contributed by atoms with Gasteiger partial charge >= 0.3 is 5.97 Å². The summed E-state index contributed by atoms with van der Waals surface area (Å²) in [4.78, 5) is 63.6. The molecule has 2 amide bonds. The lowest BCUT2D eigenvalue weighted by atomic mass is 9.92. The van der Waals surface area contributed by atoms with E-state index < -0.39 is 37.6 Å². The van der Waals surface area contributed by atoms with E-state index in [2.05, 4.69) is 47.9 Å². The number of nitrogens with one attached hydrogen (secondary N) is 1. The molecule has 1 aromatic heterocycles. The average molecular weight is 857 g/mol. The van der Waals surface area contributed by atoms with Gasteiger partial charge < -0.3 is 28.8 Å². The summed E-state index contributed by atoms with van der Waals surface area (Å²) in [7, 11) is -3.71.